The van der Waals surface area contributed by atoms with Crippen LogP contribution < -0.4 is 14.8 Å². The molecule has 0 aliphatic rings. The average Bonchev–Trinajstić information content (AvgIpc) is 2.53. The maximum Gasteiger partial charge on any atom is 0.262 e. The molecule has 0 saturated heterocycles. The standard InChI is InChI=1S/C17H20N2O4S/c1-12-4-9-17(23-3)16(10-12)19-24(21,22)15-7-5-14(6-8-15)11-18-13(2)20/h4-10,19H,11H2,1-3H3,(H,18,20). The highest BCUT2D eigenvalue weighted by molar-refractivity contribution is 7.92. The number of aryl methyl sites for hydroxylation is 1. The van der Waals surface area contributed by atoms with E-state index in [0.29, 0.717) is 18.0 Å². The fourth-order valence-electron chi connectivity index (χ4n) is 2.12. The molecule has 0 spiro atoms. The normalized spacial score (nSPS) is 11.0. The van der Waals surface area contributed by atoms with E-state index < -0.39 is 10.0 Å². The van der Waals surface area contributed by atoms with Crippen LogP contribution in [0.3, 0.4) is 0 Å². The van der Waals surface area contributed by atoms with Gasteiger partial charge in [-0.3, -0.25) is 9.52 Å². The second kappa shape index (κ2) is 7.35. The van der Waals surface area contributed by atoms with Crippen LogP contribution in [0, 0.1) is 6.92 Å². The van der Waals surface area contributed by atoms with Crippen molar-refractivity contribution >= 4 is 21.6 Å². The highest BCUT2D eigenvalue weighted by Gasteiger charge is 2.16. The van der Waals surface area contributed by atoms with E-state index in [9.17, 15) is 13.2 Å². The van der Waals surface area contributed by atoms with Crippen molar-refractivity contribution in [2.24, 2.45) is 0 Å². The molecule has 2 rings (SSSR count). The zero-order chi connectivity index (χ0) is 17.7. The lowest BCUT2D eigenvalue weighted by Gasteiger charge is -2.13. The van der Waals surface area contributed by atoms with Crippen LogP contribution >= 0.6 is 0 Å². The van der Waals surface area contributed by atoms with Gasteiger partial charge >= 0.3 is 0 Å². The van der Waals surface area contributed by atoms with E-state index in [1.807, 2.05) is 13.0 Å². The van der Waals surface area contributed by atoms with Gasteiger partial charge in [0.1, 0.15) is 5.75 Å². The number of rotatable bonds is 6. The summed E-state index contributed by atoms with van der Waals surface area (Å²) in [5, 5.41) is 2.66. The molecule has 0 heterocycles. The van der Waals surface area contributed by atoms with Gasteiger partial charge in [0.15, 0.2) is 0 Å². The Morgan fingerprint density at radius 1 is 1.12 bits per heavy atom. The van der Waals surface area contributed by atoms with Crippen molar-refractivity contribution in [2.45, 2.75) is 25.3 Å². The van der Waals surface area contributed by atoms with Gasteiger partial charge in [-0.05, 0) is 42.3 Å². The summed E-state index contributed by atoms with van der Waals surface area (Å²) in [6, 6.07) is 11.6. The SMILES string of the molecule is COc1ccc(C)cc1NS(=O)(=O)c1ccc(CNC(C)=O)cc1. The summed E-state index contributed by atoms with van der Waals surface area (Å²) in [4.78, 5) is 11.0. The fraction of sp³-hybridized carbons (Fsp3) is 0.235. The van der Waals surface area contributed by atoms with Crippen LogP contribution in [0.15, 0.2) is 47.4 Å². The molecule has 0 saturated carbocycles. The minimum atomic E-state index is -3.73. The van der Waals surface area contributed by atoms with Crippen molar-refractivity contribution in [2.75, 3.05) is 11.8 Å². The van der Waals surface area contributed by atoms with Crippen molar-refractivity contribution < 1.29 is 17.9 Å². The number of hydrogen-bond acceptors (Lipinski definition) is 4. The molecule has 2 aromatic rings. The van der Waals surface area contributed by atoms with E-state index in [0.717, 1.165) is 11.1 Å². The maximum atomic E-state index is 12.5. The molecule has 6 nitrogen and oxygen atoms in total. The Hall–Kier alpha value is -2.54. The molecule has 2 N–H and O–H groups in total. The van der Waals surface area contributed by atoms with Crippen LogP contribution in [-0.4, -0.2) is 21.4 Å². The summed E-state index contributed by atoms with van der Waals surface area (Å²) in [6.45, 7) is 3.65. The van der Waals surface area contributed by atoms with E-state index in [2.05, 4.69) is 10.0 Å². The van der Waals surface area contributed by atoms with Gasteiger partial charge in [0.25, 0.3) is 10.0 Å². The van der Waals surface area contributed by atoms with Crippen LogP contribution in [0.2, 0.25) is 0 Å². The van der Waals surface area contributed by atoms with Gasteiger partial charge in [-0.2, -0.15) is 0 Å². The number of anilines is 1. The third kappa shape index (κ3) is 4.48. The molecule has 24 heavy (non-hydrogen) atoms. The second-order valence-corrected chi connectivity index (χ2v) is 7.05. The highest BCUT2D eigenvalue weighted by atomic mass is 32.2. The molecule has 2 aromatic carbocycles. The third-order valence-corrected chi connectivity index (χ3v) is 4.76. The van der Waals surface area contributed by atoms with Crippen LogP contribution in [0.25, 0.3) is 0 Å². The zero-order valence-corrected chi connectivity index (χ0v) is 14.6. The van der Waals surface area contributed by atoms with E-state index in [1.165, 1.54) is 26.2 Å². The predicted molar refractivity (Wildman–Crippen MR) is 92.5 cm³/mol. The van der Waals surface area contributed by atoms with Crippen molar-refractivity contribution in [3.8, 4) is 5.75 Å². The Balaban J connectivity index is 2.21. The Morgan fingerprint density at radius 3 is 2.38 bits per heavy atom. The number of hydrogen-bond donors (Lipinski definition) is 2. The van der Waals surface area contributed by atoms with Crippen molar-refractivity contribution in [3.63, 3.8) is 0 Å². The minimum Gasteiger partial charge on any atom is -0.495 e. The first kappa shape index (κ1) is 17.8. The lowest BCUT2D eigenvalue weighted by Crippen LogP contribution is -2.19. The van der Waals surface area contributed by atoms with Crippen LogP contribution in [0.1, 0.15) is 18.1 Å². The van der Waals surface area contributed by atoms with Crippen molar-refractivity contribution in [1.29, 1.82) is 0 Å². The number of benzene rings is 2. The maximum absolute atomic E-state index is 12.5. The minimum absolute atomic E-state index is 0.137. The molecule has 0 unspecified atom stereocenters. The van der Waals surface area contributed by atoms with Crippen LogP contribution in [-0.2, 0) is 21.4 Å². The number of methoxy groups -OCH3 is 1. The van der Waals surface area contributed by atoms with Gasteiger partial charge in [-0.25, -0.2) is 8.42 Å². The third-order valence-electron chi connectivity index (χ3n) is 3.37. The Kier molecular flexibility index (Phi) is 5.46. The summed E-state index contributed by atoms with van der Waals surface area (Å²) >= 11 is 0. The summed E-state index contributed by atoms with van der Waals surface area (Å²) in [6.07, 6.45) is 0. The molecule has 0 aliphatic heterocycles. The van der Waals surface area contributed by atoms with Crippen LogP contribution in [0.4, 0.5) is 5.69 Å². The van der Waals surface area contributed by atoms with Crippen molar-refractivity contribution in [3.05, 3.63) is 53.6 Å². The first-order valence-electron chi connectivity index (χ1n) is 7.32. The van der Waals surface area contributed by atoms with Crippen LogP contribution in [0.5, 0.6) is 5.75 Å². The highest BCUT2D eigenvalue weighted by Crippen LogP contribution is 2.27. The van der Waals surface area contributed by atoms with Gasteiger partial charge in [-0.15, -0.1) is 0 Å². The summed E-state index contributed by atoms with van der Waals surface area (Å²) < 4.78 is 32.8. The average molecular weight is 348 g/mol. The number of ether oxygens (including phenoxy) is 1. The monoisotopic (exact) mass is 348 g/mol. The zero-order valence-electron chi connectivity index (χ0n) is 13.8. The second-order valence-electron chi connectivity index (χ2n) is 5.36. The molecule has 128 valence electrons. The number of carbonyl (C=O) groups is 1. The molecule has 7 heteroatoms. The summed E-state index contributed by atoms with van der Waals surface area (Å²) in [5.41, 5.74) is 2.12. The van der Waals surface area contributed by atoms with Crippen molar-refractivity contribution in [1.82, 2.24) is 5.32 Å². The molecular weight excluding hydrogens is 328 g/mol. The van der Waals surface area contributed by atoms with Gasteiger partial charge in [0.05, 0.1) is 17.7 Å². The summed E-state index contributed by atoms with van der Waals surface area (Å²) in [5.74, 6) is 0.311. The molecule has 0 bridgehead atoms. The number of sulfonamides is 1. The Morgan fingerprint density at radius 2 is 1.79 bits per heavy atom. The first-order valence-corrected chi connectivity index (χ1v) is 8.81. The van der Waals surface area contributed by atoms with Gasteiger partial charge in [0.2, 0.25) is 5.91 Å². The number of nitrogens with one attached hydrogen (secondary N) is 2. The fourth-order valence-corrected chi connectivity index (χ4v) is 3.18. The molecule has 0 aliphatic carbocycles. The molecule has 1 amide bonds. The predicted octanol–water partition coefficient (Wildman–Crippen LogP) is 2.44. The summed E-state index contributed by atoms with van der Waals surface area (Å²) in [7, 11) is -2.24. The molecule has 0 atom stereocenters. The molecule has 0 fully saturated rings. The molecule has 0 aromatic heterocycles. The van der Waals surface area contributed by atoms with Gasteiger partial charge in [0, 0.05) is 13.5 Å². The quantitative estimate of drug-likeness (QED) is 0.840. The van der Waals surface area contributed by atoms with Gasteiger partial charge < -0.3 is 10.1 Å². The molecule has 0 radical (unpaired) electrons. The topological polar surface area (TPSA) is 84.5 Å². The van der Waals surface area contributed by atoms with E-state index >= 15 is 0 Å². The number of amides is 1. The van der Waals surface area contributed by atoms with E-state index in [1.54, 1.807) is 24.3 Å². The largest absolute Gasteiger partial charge is 0.495 e. The number of carbonyl (C=O) groups excluding carboxylic acids is 1. The smallest absolute Gasteiger partial charge is 0.262 e. The van der Waals surface area contributed by atoms with E-state index in [-0.39, 0.29) is 10.8 Å². The first-order chi connectivity index (χ1) is 11.3. The van der Waals surface area contributed by atoms with Gasteiger partial charge in [-0.1, -0.05) is 18.2 Å². The Bertz CT molecular complexity index is 830. The molecular formula is C17H20N2O4S. The lowest BCUT2D eigenvalue weighted by atomic mass is 10.2. The lowest BCUT2D eigenvalue weighted by molar-refractivity contribution is -0.119. The Labute approximate surface area is 141 Å². The van der Waals surface area contributed by atoms with E-state index in [4.69, 9.17) is 4.74 Å².